The van der Waals surface area contributed by atoms with Gasteiger partial charge in [0.1, 0.15) is 34.1 Å². The number of primary amides is 1. The van der Waals surface area contributed by atoms with E-state index >= 15 is 0 Å². The zero-order chi connectivity index (χ0) is 25.1. The summed E-state index contributed by atoms with van der Waals surface area (Å²) in [6, 6.07) is 12.1. The summed E-state index contributed by atoms with van der Waals surface area (Å²) in [5.74, 6) is 0.00126. The highest BCUT2D eigenvalue weighted by Gasteiger charge is 2.20. The number of pyridine rings is 1. The summed E-state index contributed by atoms with van der Waals surface area (Å²) in [6.45, 7) is 10.9. The van der Waals surface area contributed by atoms with Gasteiger partial charge in [0.2, 0.25) is 0 Å². The predicted molar refractivity (Wildman–Crippen MR) is 143 cm³/mol. The SMILES string of the molecule is CCc1ccccc1COc1cc(-n2cnc3cnc(CN4CCN(CC)CC4)cc32)sc1C(N)=O. The second kappa shape index (κ2) is 10.8. The van der Waals surface area contributed by atoms with Crippen molar-refractivity contribution in [2.24, 2.45) is 5.73 Å². The average Bonchev–Trinajstić information content (AvgIpc) is 3.52. The molecule has 1 aliphatic rings. The van der Waals surface area contributed by atoms with Crippen molar-refractivity contribution >= 4 is 28.3 Å². The maximum absolute atomic E-state index is 12.2. The summed E-state index contributed by atoms with van der Waals surface area (Å²) in [5.41, 5.74) is 10.8. The van der Waals surface area contributed by atoms with Gasteiger partial charge in [-0.2, -0.15) is 0 Å². The molecule has 1 aliphatic heterocycles. The number of carbonyl (C=O) groups excluding carboxylic acids is 1. The van der Waals surface area contributed by atoms with E-state index < -0.39 is 5.91 Å². The van der Waals surface area contributed by atoms with E-state index in [1.54, 1.807) is 6.33 Å². The third-order valence-electron chi connectivity index (χ3n) is 6.82. The highest BCUT2D eigenvalue weighted by atomic mass is 32.1. The number of aryl methyl sites for hydroxylation is 1. The predicted octanol–water partition coefficient (Wildman–Crippen LogP) is 3.86. The summed E-state index contributed by atoms with van der Waals surface area (Å²) < 4.78 is 8.10. The molecule has 1 saturated heterocycles. The van der Waals surface area contributed by atoms with Crippen LogP contribution in [0.3, 0.4) is 0 Å². The van der Waals surface area contributed by atoms with E-state index in [-0.39, 0.29) is 0 Å². The number of likely N-dealkylation sites (N-methyl/N-ethyl adjacent to an activating group) is 1. The maximum atomic E-state index is 12.2. The van der Waals surface area contributed by atoms with Crippen LogP contribution in [0, 0.1) is 0 Å². The molecule has 0 atom stereocenters. The molecule has 188 valence electrons. The fourth-order valence-corrected chi connectivity index (χ4v) is 5.60. The molecule has 1 fully saturated rings. The van der Waals surface area contributed by atoms with Crippen molar-refractivity contribution in [3.05, 3.63) is 70.6 Å². The molecule has 1 amide bonds. The highest BCUT2D eigenvalue weighted by Crippen LogP contribution is 2.34. The Morgan fingerprint density at radius 3 is 2.53 bits per heavy atom. The molecule has 0 bridgehead atoms. The van der Waals surface area contributed by atoms with Gasteiger partial charge in [0.05, 0.1) is 17.4 Å². The van der Waals surface area contributed by atoms with Crippen LogP contribution in [0.1, 0.15) is 40.3 Å². The second-order valence-electron chi connectivity index (χ2n) is 9.04. The summed E-state index contributed by atoms with van der Waals surface area (Å²) >= 11 is 1.32. The van der Waals surface area contributed by atoms with E-state index in [0.717, 1.165) is 73.0 Å². The number of aromatic nitrogens is 3. The van der Waals surface area contributed by atoms with Crippen LogP contribution in [0.25, 0.3) is 16.0 Å². The minimum atomic E-state index is -0.497. The number of nitrogens with zero attached hydrogens (tertiary/aromatic N) is 5. The number of imidazole rings is 1. The van der Waals surface area contributed by atoms with Crippen molar-refractivity contribution in [1.29, 1.82) is 0 Å². The first-order chi connectivity index (χ1) is 17.6. The van der Waals surface area contributed by atoms with E-state index in [2.05, 4.69) is 51.8 Å². The molecule has 9 heteroatoms. The zero-order valence-electron chi connectivity index (χ0n) is 20.8. The van der Waals surface area contributed by atoms with Gasteiger partial charge in [0.25, 0.3) is 5.91 Å². The number of ether oxygens (including phenoxy) is 1. The molecule has 4 heterocycles. The molecule has 5 rings (SSSR count). The van der Waals surface area contributed by atoms with Gasteiger partial charge in [-0.3, -0.25) is 19.2 Å². The molecule has 3 aromatic heterocycles. The molecular weight excluding hydrogens is 472 g/mol. The second-order valence-corrected chi connectivity index (χ2v) is 10.1. The first-order valence-electron chi connectivity index (χ1n) is 12.5. The minimum Gasteiger partial charge on any atom is -0.487 e. The van der Waals surface area contributed by atoms with Gasteiger partial charge in [-0.1, -0.05) is 38.1 Å². The van der Waals surface area contributed by atoms with Crippen molar-refractivity contribution in [1.82, 2.24) is 24.3 Å². The number of hydrogen-bond acceptors (Lipinski definition) is 7. The van der Waals surface area contributed by atoms with Crippen LogP contribution in [-0.4, -0.2) is 63.0 Å². The zero-order valence-corrected chi connectivity index (χ0v) is 21.6. The summed E-state index contributed by atoms with van der Waals surface area (Å²) in [6.07, 6.45) is 4.51. The van der Waals surface area contributed by atoms with Crippen LogP contribution in [-0.2, 0) is 19.6 Å². The highest BCUT2D eigenvalue weighted by molar-refractivity contribution is 7.16. The number of fused-ring (bicyclic) bond motifs is 1. The van der Waals surface area contributed by atoms with Crippen LogP contribution in [0.2, 0.25) is 0 Å². The quantitative estimate of drug-likeness (QED) is 0.372. The lowest BCUT2D eigenvalue weighted by atomic mass is 10.1. The van der Waals surface area contributed by atoms with Crippen molar-refractivity contribution < 1.29 is 9.53 Å². The monoisotopic (exact) mass is 504 g/mol. The van der Waals surface area contributed by atoms with Crippen molar-refractivity contribution in [2.75, 3.05) is 32.7 Å². The van der Waals surface area contributed by atoms with E-state index in [0.29, 0.717) is 17.2 Å². The molecule has 8 nitrogen and oxygen atoms in total. The van der Waals surface area contributed by atoms with E-state index in [9.17, 15) is 4.79 Å². The maximum Gasteiger partial charge on any atom is 0.262 e. The molecular formula is C27H32N6O2S. The Bertz CT molecular complexity index is 1360. The van der Waals surface area contributed by atoms with Crippen molar-refractivity contribution in [3.63, 3.8) is 0 Å². The third kappa shape index (κ3) is 5.13. The molecule has 0 saturated carbocycles. The fraction of sp³-hybridized carbons (Fsp3) is 0.370. The molecule has 0 aliphatic carbocycles. The smallest absolute Gasteiger partial charge is 0.262 e. The van der Waals surface area contributed by atoms with Crippen LogP contribution in [0.5, 0.6) is 5.75 Å². The van der Waals surface area contributed by atoms with Gasteiger partial charge in [-0.05, 0) is 30.2 Å². The van der Waals surface area contributed by atoms with E-state index in [1.165, 1.54) is 16.9 Å². The molecule has 0 spiro atoms. The standard InChI is InChI=1S/C27H32N6O2S/c1-3-19-7-5-6-8-20(19)17-35-24-14-25(36-26(24)27(28)34)33-18-30-22-15-29-21(13-23(22)33)16-32-11-9-31(4-2)10-12-32/h5-8,13-15,18H,3-4,9-12,16-17H2,1-2H3,(H2,28,34). The first-order valence-corrected chi connectivity index (χ1v) is 13.3. The Balaban J connectivity index is 1.39. The Morgan fingerprint density at radius 2 is 1.81 bits per heavy atom. The molecule has 1 aromatic carbocycles. The normalized spacial score (nSPS) is 14.9. The van der Waals surface area contributed by atoms with Gasteiger partial charge in [-0.25, -0.2) is 4.98 Å². The Kier molecular flexibility index (Phi) is 7.31. The first kappa shape index (κ1) is 24.4. The van der Waals surface area contributed by atoms with Crippen molar-refractivity contribution in [2.45, 2.75) is 33.4 Å². The number of nitrogens with two attached hydrogens (primary N) is 1. The number of piperazine rings is 1. The lowest BCUT2D eigenvalue weighted by Crippen LogP contribution is -2.45. The Hall–Kier alpha value is -3.27. The summed E-state index contributed by atoms with van der Waals surface area (Å²) in [4.78, 5) is 26.7. The fourth-order valence-electron chi connectivity index (χ4n) is 4.67. The molecule has 36 heavy (non-hydrogen) atoms. The number of benzene rings is 1. The molecule has 0 radical (unpaired) electrons. The van der Waals surface area contributed by atoms with Crippen LogP contribution in [0.15, 0.2) is 48.9 Å². The lowest BCUT2D eigenvalue weighted by molar-refractivity contribution is 0.1000. The van der Waals surface area contributed by atoms with Gasteiger partial charge in [0.15, 0.2) is 0 Å². The Labute approximate surface area is 215 Å². The minimum absolute atomic E-state index is 0.379. The van der Waals surface area contributed by atoms with Crippen LogP contribution < -0.4 is 10.5 Å². The van der Waals surface area contributed by atoms with Crippen LogP contribution >= 0.6 is 11.3 Å². The molecule has 4 aromatic rings. The average molecular weight is 505 g/mol. The van der Waals surface area contributed by atoms with E-state index in [1.807, 2.05) is 29.0 Å². The number of hydrogen-bond donors (Lipinski definition) is 1. The summed E-state index contributed by atoms with van der Waals surface area (Å²) in [7, 11) is 0. The lowest BCUT2D eigenvalue weighted by Gasteiger charge is -2.33. The van der Waals surface area contributed by atoms with Gasteiger partial charge in [0, 0.05) is 38.8 Å². The molecule has 0 unspecified atom stereocenters. The van der Waals surface area contributed by atoms with Gasteiger partial charge < -0.3 is 15.4 Å². The van der Waals surface area contributed by atoms with Gasteiger partial charge in [-0.15, -0.1) is 11.3 Å². The van der Waals surface area contributed by atoms with E-state index in [4.69, 9.17) is 10.5 Å². The summed E-state index contributed by atoms with van der Waals surface area (Å²) in [5, 5.41) is 0.832. The number of carbonyl (C=O) groups is 1. The number of thiophene rings is 1. The topological polar surface area (TPSA) is 89.5 Å². The molecule has 2 N–H and O–H groups in total. The third-order valence-corrected chi connectivity index (χ3v) is 7.95. The number of amides is 1. The van der Waals surface area contributed by atoms with Gasteiger partial charge >= 0.3 is 0 Å². The van der Waals surface area contributed by atoms with Crippen molar-refractivity contribution in [3.8, 4) is 10.8 Å². The van der Waals surface area contributed by atoms with Crippen LogP contribution in [0.4, 0.5) is 0 Å². The number of rotatable bonds is 9. The Morgan fingerprint density at radius 1 is 1.06 bits per heavy atom. The largest absolute Gasteiger partial charge is 0.487 e.